The van der Waals surface area contributed by atoms with Gasteiger partial charge in [0.15, 0.2) is 0 Å². The van der Waals surface area contributed by atoms with E-state index in [1.54, 1.807) is 0 Å². The van der Waals surface area contributed by atoms with Crippen molar-refractivity contribution >= 4 is 11.6 Å². The minimum absolute atomic E-state index is 0.531. The van der Waals surface area contributed by atoms with Crippen molar-refractivity contribution in [3.05, 3.63) is 11.4 Å². The van der Waals surface area contributed by atoms with Crippen LogP contribution in [0.2, 0.25) is 0 Å². The van der Waals surface area contributed by atoms with Gasteiger partial charge in [0, 0.05) is 18.7 Å². The molecule has 0 spiro atoms. The molecule has 6 nitrogen and oxygen atoms in total. The summed E-state index contributed by atoms with van der Waals surface area (Å²) in [5.41, 5.74) is 9.93. The summed E-state index contributed by atoms with van der Waals surface area (Å²) >= 11 is 0. The molecule has 1 fully saturated rings. The van der Waals surface area contributed by atoms with Crippen LogP contribution >= 0.6 is 0 Å². The third kappa shape index (κ3) is 2.40. The van der Waals surface area contributed by atoms with Gasteiger partial charge in [-0.1, -0.05) is 0 Å². The van der Waals surface area contributed by atoms with E-state index >= 15 is 0 Å². The Morgan fingerprint density at radius 3 is 2.62 bits per heavy atom. The molecular formula is C10H17N5O. The van der Waals surface area contributed by atoms with Gasteiger partial charge in [0.05, 0.1) is 13.2 Å². The summed E-state index contributed by atoms with van der Waals surface area (Å²) in [6.07, 6.45) is 0. The van der Waals surface area contributed by atoms with Crippen LogP contribution in [0, 0.1) is 13.8 Å². The second kappa shape index (κ2) is 4.63. The fourth-order valence-corrected chi connectivity index (χ4v) is 1.58. The minimum Gasteiger partial charge on any atom is -0.383 e. The van der Waals surface area contributed by atoms with E-state index in [0.29, 0.717) is 11.6 Å². The second-order valence-corrected chi connectivity index (χ2v) is 3.84. The quantitative estimate of drug-likeness (QED) is 0.752. The fourth-order valence-electron chi connectivity index (χ4n) is 1.58. The van der Waals surface area contributed by atoms with E-state index in [4.69, 9.17) is 10.5 Å². The van der Waals surface area contributed by atoms with Gasteiger partial charge >= 0.3 is 0 Å². The number of aryl methyl sites for hydroxylation is 1. The van der Waals surface area contributed by atoms with Crippen LogP contribution in [0.25, 0.3) is 0 Å². The number of hydrazine groups is 1. The number of nitrogen functional groups attached to an aromatic ring is 1. The van der Waals surface area contributed by atoms with Crippen LogP contribution in [0.5, 0.6) is 0 Å². The fraction of sp³-hybridized carbons (Fsp3) is 0.600. The van der Waals surface area contributed by atoms with E-state index in [0.717, 1.165) is 37.7 Å². The summed E-state index contributed by atoms with van der Waals surface area (Å²) in [5, 5.41) is 2.08. The molecule has 1 aliphatic rings. The van der Waals surface area contributed by atoms with Crippen molar-refractivity contribution in [2.75, 3.05) is 37.5 Å². The number of nitrogens with one attached hydrogen (secondary N) is 1. The van der Waals surface area contributed by atoms with E-state index in [1.165, 1.54) is 0 Å². The number of morpholine rings is 1. The Kier molecular flexibility index (Phi) is 3.21. The molecule has 0 radical (unpaired) electrons. The van der Waals surface area contributed by atoms with Gasteiger partial charge in [-0.2, -0.15) is 0 Å². The number of ether oxygens (including phenoxy) is 1. The highest BCUT2D eigenvalue weighted by atomic mass is 16.5. The lowest BCUT2D eigenvalue weighted by Crippen LogP contribution is -2.40. The molecule has 0 unspecified atom stereocenters. The first-order chi connectivity index (χ1) is 7.66. The Morgan fingerprint density at radius 2 is 1.94 bits per heavy atom. The highest BCUT2D eigenvalue weighted by molar-refractivity contribution is 5.54. The molecule has 1 aromatic heterocycles. The number of rotatable bonds is 2. The third-order valence-corrected chi connectivity index (χ3v) is 2.57. The highest BCUT2D eigenvalue weighted by Gasteiger charge is 2.13. The van der Waals surface area contributed by atoms with Gasteiger partial charge in [-0.3, -0.25) is 0 Å². The zero-order valence-corrected chi connectivity index (χ0v) is 9.66. The predicted molar refractivity (Wildman–Crippen MR) is 61.9 cm³/mol. The summed E-state index contributed by atoms with van der Waals surface area (Å²) < 4.78 is 5.28. The topological polar surface area (TPSA) is 76.3 Å². The van der Waals surface area contributed by atoms with Gasteiger partial charge in [-0.05, 0) is 13.8 Å². The van der Waals surface area contributed by atoms with E-state index in [9.17, 15) is 0 Å². The van der Waals surface area contributed by atoms with Gasteiger partial charge in [0.25, 0.3) is 0 Å². The van der Waals surface area contributed by atoms with Crippen molar-refractivity contribution in [1.82, 2.24) is 15.0 Å². The zero-order chi connectivity index (χ0) is 11.5. The highest BCUT2D eigenvalue weighted by Crippen LogP contribution is 2.17. The van der Waals surface area contributed by atoms with Crippen molar-refractivity contribution in [3.63, 3.8) is 0 Å². The first-order valence-corrected chi connectivity index (χ1v) is 5.37. The maximum absolute atomic E-state index is 5.79. The van der Waals surface area contributed by atoms with E-state index in [-0.39, 0.29) is 0 Å². The molecule has 88 valence electrons. The molecule has 0 aromatic carbocycles. The molecule has 0 aliphatic carbocycles. The van der Waals surface area contributed by atoms with Gasteiger partial charge < -0.3 is 15.9 Å². The zero-order valence-electron chi connectivity index (χ0n) is 9.66. The van der Waals surface area contributed by atoms with Crippen molar-refractivity contribution < 1.29 is 4.74 Å². The van der Waals surface area contributed by atoms with Crippen molar-refractivity contribution in [2.45, 2.75) is 13.8 Å². The largest absolute Gasteiger partial charge is 0.383 e. The van der Waals surface area contributed by atoms with Gasteiger partial charge in [0.1, 0.15) is 17.5 Å². The van der Waals surface area contributed by atoms with Crippen LogP contribution in [0.15, 0.2) is 0 Å². The smallest absolute Gasteiger partial charge is 0.149 e. The Balaban J connectivity index is 2.13. The van der Waals surface area contributed by atoms with Gasteiger partial charge in [-0.15, -0.1) is 0 Å². The molecule has 0 atom stereocenters. The molecule has 1 aromatic rings. The van der Waals surface area contributed by atoms with Gasteiger partial charge in [-0.25, -0.2) is 15.0 Å². The lowest BCUT2D eigenvalue weighted by molar-refractivity contribution is 0.0494. The molecule has 6 heteroatoms. The Hall–Kier alpha value is -1.40. The normalized spacial score (nSPS) is 17.4. The summed E-state index contributed by atoms with van der Waals surface area (Å²) in [6.45, 7) is 6.93. The molecule has 3 N–H and O–H groups in total. The summed E-state index contributed by atoms with van der Waals surface area (Å²) in [5.74, 6) is 1.99. The first-order valence-electron chi connectivity index (χ1n) is 5.37. The van der Waals surface area contributed by atoms with Crippen molar-refractivity contribution in [3.8, 4) is 0 Å². The van der Waals surface area contributed by atoms with Crippen LogP contribution in [0.1, 0.15) is 11.4 Å². The molecule has 2 rings (SSSR count). The second-order valence-electron chi connectivity index (χ2n) is 3.84. The maximum atomic E-state index is 5.79. The van der Waals surface area contributed by atoms with E-state index in [1.807, 2.05) is 13.8 Å². The van der Waals surface area contributed by atoms with Gasteiger partial charge in [0.2, 0.25) is 0 Å². The predicted octanol–water partition coefficient (Wildman–Crippen LogP) is 0.335. The summed E-state index contributed by atoms with van der Waals surface area (Å²) in [6, 6.07) is 0. The molecule has 16 heavy (non-hydrogen) atoms. The van der Waals surface area contributed by atoms with Crippen LogP contribution < -0.4 is 11.2 Å². The lowest BCUT2D eigenvalue weighted by atomic mass is 10.3. The van der Waals surface area contributed by atoms with Crippen LogP contribution in [-0.2, 0) is 4.74 Å². The number of hydrogen-bond acceptors (Lipinski definition) is 6. The molecule has 0 saturated carbocycles. The summed E-state index contributed by atoms with van der Waals surface area (Å²) in [7, 11) is 0. The van der Waals surface area contributed by atoms with Crippen LogP contribution in [0.4, 0.5) is 11.6 Å². The SMILES string of the molecule is Cc1nc(N)c(C)c(NN2CCOCC2)n1. The molecule has 2 heterocycles. The van der Waals surface area contributed by atoms with E-state index < -0.39 is 0 Å². The lowest BCUT2D eigenvalue weighted by Gasteiger charge is -2.28. The monoisotopic (exact) mass is 223 g/mol. The number of anilines is 2. The number of nitrogens with zero attached hydrogens (tertiary/aromatic N) is 3. The third-order valence-electron chi connectivity index (χ3n) is 2.57. The maximum Gasteiger partial charge on any atom is 0.149 e. The Bertz CT molecular complexity index is 376. The summed E-state index contributed by atoms with van der Waals surface area (Å²) in [4.78, 5) is 8.45. The van der Waals surface area contributed by atoms with Crippen molar-refractivity contribution in [2.24, 2.45) is 0 Å². The average Bonchev–Trinajstić information content (AvgIpc) is 2.27. The van der Waals surface area contributed by atoms with Crippen molar-refractivity contribution in [1.29, 1.82) is 0 Å². The molecule has 0 bridgehead atoms. The average molecular weight is 223 g/mol. The molecule has 1 saturated heterocycles. The van der Waals surface area contributed by atoms with Crippen LogP contribution in [0.3, 0.4) is 0 Å². The Morgan fingerprint density at radius 1 is 1.25 bits per heavy atom. The minimum atomic E-state index is 0.531. The standard InChI is InChI=1S/C10H17N5O/c1-7-9(11)12-8(2)13-10(7)14-15-3-5-16-6-4-15/h3-6H2,1-2H3,(H3,11,12,13,14). The Labute approximate surface area is 94.8 Å². The number of hydrogen-bond donors (Lipinski definition) is 2. The molecule has 0 amide bonds. The number of nitrogens with two attached hydrogens (primary N) is 1. The van der Waals surface area contributed by atoms with E-state index in [2.05, 4.69) is 20.4 Å². The van der Waals surface area contributed by atoms with Crippen LogP contribution in [-0.4, -0.2) is 41.3 Å². The number of aromatic nitrogens is 2. The molecule has 1 aliphatic heterocycles. The first kappa shape index (κ1) is 11.1. The molecular weight excluding hydrogens is 206 g/mol.